The Morgan fingerprint density at radius 2 is 1.07 bits per heavy atom. The number of aromatic nitrogens is 6. The van der Waals surface area contributed by atoms with Crippen LogP contribution in [0.25, 0.3) is 56.4 Å². The smallest absolute Gasteiger partial charge is 0.159 e. The molecule has 0 aliphatic heterocycles. The number of aryl methyl sites for hydroxylation is 2. The van der Waals surface area contributed by atoms with Gasteiger partial charge >= 0.3 is 0 Å². The van der Waals surface area contributed by atoms with Crippen molar-refractivity contribution in [2.75, 3.05) is 0 Å². The van der Waals surface area contributed by atoms with Gasteiger partial charge in [-0.3, -0.25) is 0 Å². The Bertz CT molecular complexity index is 1710. The third-order valence-electron chi connectivity index (χ3n) is 6.43. The number of rotatable bonds is 3. The van der Waals surface area contributed by atoms with Crippen LogP contribution in [0.1, 0.15) is 0 Å². The second-order valence-corrected chi connectivity index (χ2v) is 8.87. The van der Waals surface area contributed by atoms with E-state index in [9.17, 15) is 0 Å². The Balaban J connectivity index is 0.000000224. The number of benzene rings is 3. The summed E-state index contributed by atoms with van der Waals surface area (Å²) in [6, 6.07) is 39.1. The molecule has 0 spiro atoms. The van der Waals surface area contributed by atoms with Gasteiger partial charge in [0.25, 0.3) is 0 Å². The molecule has 0 saturated heterocycles. The second kappa shape index (κ2) is 12.6. The van der Waals surface area contributed by atoms with Gasteiger partial charge in [0.05, 0.1) is 22.1 Å². The summed E-state index contributed by atoms with van der Waals surface area (Å²) in [6.45, 7) is 0. The van der Waals surface area contributed by atoms with E-state index in [1.165, 1.54) is 0 Å². The SMILES string of the molecule is Cn1c(-c2cccc(-c3nc4ccccc4n3C)n2)nc2ccccc21.[CH3-].[Ir].[c-]1ccccc1-c1ccccn1. The van der Waals surface area contributed by atoms with E-state index in [-0.39, 0.29) is 27.5 Å². The average Bonchev–Trinajstić information content (AvgIpc) is 3.51. The molecular weight excluding hydrogens is 673 g/mol. The standard InChI is InChI=1S/C21H17N5.C11H8N.CH3.Ir/c1-25-18-12-5-3-8-14(18)23-20(25)16-10-7-11-17(22-16)21-24-15-9-4-6-13-19(15)26(21)2;1-2-6-10(7-3-1)11-8-4-5-9-12-11;;/h3-13H,1-2H3;1-6,8-9H;1H3;/q;2*-1;. The molecule has 7 rings (SSSR count). The fourth-order valence-electron chi connectivity index (χ4n) is 4.51. The van der Waals surface area contributed by atoms with Crippen molar-refractivity contribution in [1.82, 2.24) is 29.1 Å². The van der Waals surface area contributed by atoms with Crippen molar-refractivity contribution < 1.29 is 20.1 Å². The summed E-state index contributed by atoms with van der Waals surface area (Å²) in [5.74, 6) is 1.71. The zero-order valence-corrected chi connectivity index (χ0v) is 24.9. The summed E-state index contributed by atoms with van der Waals surface area (Å²) in [5.41, 5.74) is 7.83. The molecule has 0 atom stereocenters. The molecule has 6 nitrogen and oxygen atoms in total. The van der Waals surface area contributed by atoms with Crippen LogP contribution in [0.3, 0.4) is 0 Å². The van der Waals surface area contributed by atoms with E-state index in [4.69, 9.17) is 15.0 Å². The van der Waals surface area contributed by atoms with E-state index < -0.39 is 0 Å². The number of hydrogen-bond donors (Lipinski definition) is 0. The largest absolute Gasteiger partial charge is 0.358 e. The molecule has 0 saturated carbocycles. The van der Waals surface area contributed by atoms with Crippen molar-refractivity contribution in [3.8, 4) is 34.3 Å². The van der Waals surface area contributed by atoms with Gasteiger partial charge in [-0.1, -0.05) is 42.5 Å². The first-order chi connectivity index (χ1) is 18.7. The van der Waals surface area contributed by atoms with Crippen LogP contribution in [-0.2, 0) is 34.2 Å². The third kappa shape index (κ3) is 5.62. The van der Waals surface area contributed by atoms with Crippen molar-refractivity contribution in [2.45, 2.75) is 0 Å². The van der Waals surface area contributed by atoms with Crippen molar-refractivity contribution in [3.63, 3.8) is 0 Å². The molecule has 0 aliphatic rings. The predicted molar refractivity (Wildman–Crippen MR) is 159 cm³/mol. The van der Waals surface area contributed by atoms with Crippen molar-refractivity contribution in [3.05, 3.63) is 129 Å². The van der Waals surface area contributed by atoms with Crippen molar-refractivity contribution >= 4 is 22.1 Å². The first kappa shape index (κ1) is 28.6. The maximum atomic E-state index is 4.86. The Hall–Kier alpha value is -4.45. The van der Waals surface area contributed by atoms with Crippen LogP contribution in [0.4, 0.5) is 0 Å². The third-order valence-corrected chi connectivity index (χ3v) is 6.43. The molecule has 0 unspecified atom stereocenters. The fourth-order valence-corrected chi connectivity index (χ4v) is 4.51. The summed E-state index contributed by atoms with van der Waals surface area (Å²) < 4.78 is 4.16. The van der Waals surface area contributed by atoms with Crippen LogP contribution in [0.5, 0.6) is 0 Å². The van der Waals surface area contributed by atoms with E-state index in [1.807, 2.05) is 111 Å². The molecule has 0 bridgehead atoms. The van der Waals surface area contributed by atoms with E-state index in [1.54, 1.807) is 6.20 Å². The number of hydrogen-bond acceptors (Lipinski definition) is 4. The molecule has 7 aromatic rings. The molecule has 4 heterocycles. The summed E-state index contributed by atoms with van der Waals surface area (Å²) in [6.07, 6.45) is 1.79. The minimum Gasteiger partial charge on any atom is -0.358 e. The zero-order valence-electron chi connectivity index (χ0n) is 22.5. The number of imidazole rings is 2. The molecule has 0 N–H and O–H groups in total. The van der Waals surface area contributed by atoms with Gasteiger partial charge in [-0.25, -0.2) is 15.0 Å². The number of nitrogens with zero attached hydrogens (tertiary/aromatic N) is 6. The molecule has 40 heavy (non-hydrogen) atoms. The minimum atomic E-state index is 0. The number of pyridine rings is 2. The van der Waals surface area contributed by atoms with Gasteiger partial charge in [0.2, 0.25) is 0 Å². The molecule has 1 radical (unpaired) electrons. The monoisotopic (exact) mass is 701 g/mol. The molecule has 201 valence electrons. The Labute approximate surface area is 247 Å². The van der Waals surface area contributed by atoms with Gasteiger partial charge in [0, 0.05) is 40.4 Å². The van der Waals surface area contributed by atoms with Gasteiger partial charge in [-0.2, -0.15) is 0 Å². The Kier molecular flexibility index (Phi) is 9.00. The molecule has 0 aliphatic carbocycles. The summed E-state index contributed by atoms with van der Waals surface area (Å²) in [4.78, 5) is 18.6. The van der Waals surface area contributed by atoms with Crippen LogP contribution >= 0.6 is 0 Å². The second-order valence-electron chi connectivity index (χ2n) is 8.87. The molecule has 0 amide bonds. The van der Waals surface area contributed by atoms with E-state index in [0.717, 1.165) is 56.4 Å². The predicted octanol–water partition coefficient (Wildman–Crippen LogP) is 7.19. The molecule has 4 aromatic heterocycles. The van der Waals surface area contributed by atoms with E-state index in [2.05, 4.69) is 32.3 Å². The van der Waals surface area contributed by atoms with Crippen molar-refractivity contribution in [1.29, 1.82) is 0 Å². The van der Waals surface area contributed by atoms with Crippen LogP contribution in [0.2, 0.25) is 0 Å². The molecule has 7 heteroatoms. The quantitative estimate of drug-likeness (QED) is 0.183. The molecule has 0 fully saturated rings. The fraction of sp³-hybridized carbons (Fsp3) is 0.0606. The van der Waals surface area contributed by atoms with Crippen LogP contribution in [0.15, 0.2) is 115 Å². The summed E-state index contributed by atoms with van der Waals surface area (Å²) >= 11 is 0. The first-order valence-electron chi connectivity index (χ1n) is 12.4. The van der Waals surface area contributed by atoms with Crippen LogP contribution < -0.4 is 0 Å². The molecule has 3 aromatic carbocycles. The zero-order chi connectivity index (χ0) is 25.9. The normalized spacial score (nSPS) is 10.3. The summed E-state index contributed by atoms with van der Waals surface area (Å²) in [5, 5.41) is 0. The number of para-hydroxylation sites is 4. The topological polar surface area (TPSA) is 61.4 Å². The van der Waals surface area contributed by atoms with Crippen molar-refractivity contribution in [2.24, 2.45) is 14.1 Å². The minimum absolute atomic E-state index is 0. The van der Waals surface area contributed by atoms with Gasteiger partial charge in [-0.15, -0.1) is 35.9 Å². The van der Waals surface area contributed by atoms with Crippen LogP contribution in [0, 0.1) is 13.5 Å². The van der Waals surface area contributed by atoms with Gasteiger partial charge < -0.3 is 21.5 Å². The number of fused-ring (bicyclic) bond motifs is 2. The summed E-state index contributed by atoms with van der Waals surface area (Å²) in [7, 11) is 4.04. The van der Waals surface area contributed by atoms with Gasteiger partial charge in [0.15, 0.2) is 11.6 Å². The maximum absolute atomic E-state index is 4.86. The van der Waals surface area contributed by atoms with Gasteiger partial charge in [-0.05, 0) is 48.2 Å². The van der Waals surface area contributed by atoms with E-state index >= 15 is 0 Å². The first-order valence-corrected chi connectivity index (χ1v) is 12.4. The Morgan fingerprint density at radius 3 is 1.57 bits per heavy atom. The van der Waals surface area contributed by atoms with Gasteiger partial charge in [0.1, 0.15) is 11.4 Å². The maximum Gasteiger partial charge on any atom is 0.159 e. The van der Waals surface area contributed by atoms with Crippen LogP contribution in [-0.4, -0.2) is 29.1 Å². The molecular formula is C33H28IrN6-2. The average molecular weight is 701 g/mol. The Morgan fingerprint density at radius 1 is 0.550 bits per heavy atom. The van der Waals surface area contributed by atoms with E-state index in [0.29, 0.717) is 0 Å².